The number of fused-ring (bicyclic) bond motifs is 8. The highest BCUT2D eigenvalue weighted by molar-refractivity contribution is 6.22. The van der Waals surface area contributed by atoms with Crippen LogP contribution in [0.4, 0.5) is 0 Å². The van der Waals surface area contributed by atoms with E-state index in [1.54, 1.807) is 6.08 Å². The first-order valence-corrected chi connectivity index (χ1v) is 12.5. The van der Waals surface area contributed by atoms with Gasteiger partial charge in [-0.1, -0.05) is 38.1 Å². The first-order chi connectivity index (χ1) is 17.5. The molecule has 5 aliphatic rings. The average molecular weight is 473 g/mol. The third-order valence-electron chi connectivity index (χ3n) is 7.30. The highest BCUT2D eigenvalue weighted by Crippen LogP contribution is 2.36. The number of dihydropyridines is 1. The Balaban J connectivity index is 1.63. The van der Waals surface area contributed by atoms with E-state index in [-0.39, 0.29) is 5.76 Å². The lowest BCUT2D eigenvalue weighted by Crippen LogP contribution is -2.17. The Hall–Kier alpha value is -4.25. The zero-order chi connectivity index (χ0) is 25.0. The molecule has 1 aromatic rings. The summed E-state index contributed by atoms with van der Waals surface area (Å²) in [6.45, 7) is 8.53. The van der Waals surface area contributed by atoms with Crippen molar-refractivity contribution in [2.45, 2.75) is 40.5 Å². The zero-order valence-electron chi connectivity index (χ0n) is 21.0. The number of aliphatic hydroxyl groups is 1. The molecule has 178 valence electrons. The van der Waals surface area contributed by atoms with Crippen LogP contribution < -0.4 is 5.32 Å². The van der Waals surface area contributed by atoms with E-state index in [1.807, 2.05) is 18.2 Å². The number of aliphatic hydroxyl groups excluding tert-OH is 1. The van der Waals surface area contributed by atoms with Gasteiger partial charge in [-0.3, -0.25) is 0 Å². The number of allylic oxidation sites excluding steroid dienone is 10. The van der Waals surface area contributed by atoms with Crippen LogP contribution in [-0.2, 0) is 0 Å². The number of nitrogens with zero attached hydrogens (tertiary/aromatic N) is 3. The maximum absolute atomic E-state index is 10.6. The van der Waals surface area contributed by atoms with Crippen molar-refractivity contribution in [3.63, 3.8) is 0 Å². The first-order valence-electron chi connectivity index (χ1n) is 12.5. The van der Waals surface area contributed by atoms with Crippen LogP contribution in [0.3, 0.4) is 0 Å². The molecule has 6 rings (SSSR count). The zero-order valence-corrected chi connectivity index (χ0v) is 21.0. The van der Waals surface area contributed by atoms with Crippen molar-refractivity contribution in [1.29, 1.82) is 0 Å². The highest BCUT2D eigenvalue weighted by Gasteiger charge is 2.26. The van der Waals surface area contributed by atoms with E-state index >= 15 is 0 Å². The van der Waals surface area contributed by atoms with Crippen LogP contribution in [0.2, 0.25) is 0 Å². The predicted octanol–water partition coefficient (Wildman–Crippen LogP) is 6.79. The second-order valence-electron chi connectivity index (χ2n) is 9.40. The van der Waals surface area contributed by atoms with Gasteiger partial charge in [-0.15, -0.1) is 0 Å². The molecular formula is C31H28N4O. The Kier molecular flexibility index (Phi) is 5.22. The molecule has 1 aromatic carbocycles. The van der Waals surface area contributed by atoms with Gasteiger partial charge < -0.3 is 10.4 Å². The van der Waals surface area contributed by atoms with Crippen LogP contribution in [0.1, 0.15) is 51.7 Å². The fourth-order valence-corrected chi connectivity index (χ4v) is 5.33. The Labute approximate surface area is 211 Å². The van der Waals surface area contributed by atoms with Crippen molar-refractivity contribution in [1.82, 2.24) is 5.32 Å². The Morgan fingerprint density at radius 3 is 2.17 bits per heavy atom. The van der Waals surface area contributed by atoms with Crippen molar-refractivity contribution in [2.75, 3.05) is 0 Å². The standard InChI is InChI=1S/C31H28N4O/c1-5-20-17(3)24-13-19-11-12-31(36)30(32-19)14-25-18(4)21(6-2)27(34-25)16-29-23-10-8-7-9-22(23)28(35-29)15-26(20)33-24/h7-16,32,36H,5-6H2,1-4H3. The summed E-state index contributed by atoms with van der Waals surface area (Å²) in [6, 6.07) is 8.36. The fraction of sp³-hybridized carbons (Fsp3) is 0.194. The molecule has 0 atom stereocenters. The lowest BCUT2D eigenvalue weighted by molar-refractivity contribution is 0.421. The summed E-state index contributed by atoms with van der Waals surface area (Å²) in [7, 11) is 0. The molecule has 0 fully saturated rings. The van der Waals surface area contributed by atoms with Crippen molar-refractivity contribution < 1.29 is 5.11 Å². The molecule has 0 saturated carbocycles. The number of hydrogen-bond acceptors (Lipinski definition) is 5. The number of benzene rings is 1. The van der Waals surface area contributed by atoms with Crippen LogP contribution in [0.25, 0.3) is 5.70 Å². The van der Waals surface area contributed by atoms with E-state index in [4.69, 9.17) is 15.0 Å². The third kappa shape index (κ3) is 3.51. The van der Waals surface area contributed by atoms with Gasteiger partial charge >= 0.3 is 0 Å². The molecule has 8 bridgehead atoms. The maximum atomic E-state index is 10.6. The van der Waals surface area contributed by atoms with Gasteiger partial charge in [-0.25, -0.2) is 15.0 Å². The fourth-order valence-electron chi connectivity index (χ4n) is 5.33. The van der Waals surface area contributed by atoms with Gasteiger partial charge in [0, 0.05) is 16.8 Å². The second-order valence-corrected chi connectivity index (χ2v) is 9.40. The highest BCUT2D eigenvalue weighted by atomic mass is 16.3. The van der Waals surface area contributed by atoms with Crippen LogP contribution in [-0.4, -0.2) is 22.2 Å². The van der Waals surface area contributed by atoms with Gasteiger partial charge in [0.2, 0.25) is 0 Å². The van der Waals surface area contributed by atoms with Gasteiger partial charge in [0.05, 0.1) is 39.9 Å². The van der Waals surface area contributed by atoms with Crippen LogP contribution in [0, 0.1) is 0 Å². The maximum Gasteiger partial charge on any atom is 0.139 e. The van der Waals surface area contributed by atoms with Crippen molar-refractivity contribution in [2.24, 2.45) is 15.0 Å². The minimum Gasteiger partial charge on any atom is -0.506 e. The molecule has 5 nitrogen and oxygen atoms in total. The summed E-state index contributed by atoms with van der Waals surface area (Å²) in [5.74, 6) is 0.183. The summed E-state index contributed by atoms with van der Waals surface area (Å²) >= 11 is 0. The number of aliphatic imine (C=N–C) groups is 3. The predicted molar refractivity (Wildman–Crippen MR) is 148 cm³/mol. The SMILES string of the molecule is CCC1=C(C)C2=NC1=CC1=NC(=CC3=NC(=CC4=C(O)C=CC(=C2)N4)C(C)=C3CC)c2ccccc21. The van der Waals surface area contributed by atoms with E-state index in [0.717, 1.165) is 75.0 Å². The molecular weight excluding hydrogens is 444 g/mol. The normalized spacial score (nSPS) is 20.4. The molecule has 2 N–H and O–H groups in total. The quantitative estimate of drug-likeness (QED) is 0.498. The Morgan fingerprint density at radius 1 is 0.694 bits per heavy atom. The Morgan fingerprint density at radius 2 is 1.39 bits per heavy atom. The minimum atomic E-state index is 0.183. The van der Waals surface area contributed by atoms with E-state index in [0.29, 0.717) is 5.70 Å². The molecule has 0 aromatic heterocycles. The molecule has 5 aliphatic heterocycles. The number of hydrogen-bond donors (Lipinski definition) is 2. The molecule has 5 heterocycles. The van der Waals surface area contributed by atoms with Gasteiger partial charge in [0.1, 0.15) is 5.76 Å². The van der Waals surface area contributed by atoms with E-state index in [2.05, 4.69) is 69.4 Å². The Bertz CT molecular complexity index is 1580. The van der Waals surface area contributed by atoms with Crippen LogP contribution >= 0.6 is 0 Å². The summed E-state index contributed by atoms with van der Waals surface area (Å²) < 4.78 is 0. The van der Waals surface area contributed by atoms with E-state index in [1.165, 1.54) is 11.1 Å². The third-order valence-corrected chi connectivity index (χ3v) is 7.30. The lowest BCUT2D eigenvalue weighted by atomic mass is 9.99. The topological polar surface area (TPSA) is 69.3 Å². The number of nitrogens with one attached hydrogen (secondary N) is 1. The summed E-state index contributed by atoms with van der Waals surface area (Å²) in [6.07, 6.45) is 13.5. The number of rotatable bonds is 2. The first kappa shape index (κ1) is 22.2. The van der Waals surface area contributed by atoms with Crippen molar-refractivity contribution >= 4 is 22.8 Å². The molecule has 0 aliphatic carbocycles. The molecule has 0 amide bonds. The van der Waals surface area contributed by atoms with E-state index < -0.39 is 0 Å². The average Bonchev–Trinajstić information content (AvgIpc) is 3.47. The molecule has 0 unspecified atom stereocenters. The molecule has 0 spiro atoms. The van der Waals surface area contributed by atoms with Crippen LogP contribution in [0.15, 0.2) is 127 Å². The summed E-state index contributed by atoms with van der Waals surface area (Å²) in [4.78, 5) is 15.1. The monoisotopic (exact) mass is 472 g/mol. The summed E-state index contributed by atoms with van der Waals surface area (Å²) in [5.41, 5.74) is 13.9. The largest absolute Gasteiger partial charge is 0.506 e. The van der Waals surface area contributed by atoms with Crippen molar-refractivity contribution in [3.05, 3.63) is 123 Å². The minimum absolute atomic E-state index is 0.183. The molecule has 0 radical (unpaired) electrons. The molecule has 0 saturated heterocycles. The van der Waals surface area contributed by atoms with E-state index in [9.17, 15) is 5.11 Å². The molecule has 36 heavy (non-hydrogen) atoms. The smallest absolute Gasteiger partial charge is 0.139 e. The summed E-state index contributed by atoms with van der Waals surface area (Å²) in [5, 5.41) is 14.0. The van der Waals surface area contributed by atoms with Gasteiger partial charge in [-0.2, -0.15) is 0 Å². The van der Waals surface area contributed by atoms with Gasteiger partial charge in [0.15, 0.2) is 0 Å². The van der Waals surface area contributed by atoms with Gasteiger partial charge in [-0.05, 0) is 85.4 Å². The molecule has 5 heteroatoms. The second kappa shape index (κ2) is 8.45. The van der Waals surface area contributed by atoms with Crippen LogP contribution in [0.5, 0.6) is 0 Å². The lowest BCUT2D eigenvalue weighted by Gasteiger charge is -2.15. The van der Waals surface area contributed by atoms with Gasteiger partial charge in [0.25, 0.3) is 0 Å². The van der Waals surface area contributed by atoms with Crippen molar-refractivity contribution in [3.8, 4) is 0 Å².